The van der Waals surface area contributed by atoms with Gasteiger partial charge in [-0.1, -0.05) is 18.2 Å². The minimum Gasteiger partial charge on any atom is -0.507 e. The number of carbonyl (C=O) groups excluding carboxylic acids is 2. The number of para-hydroxylation sites is 1. The summed E-state index contributed by atoms with van der Waals surface area (Å²) in [6.07, 6.45) is 0. The van der Waals surface area contributed by atoms with Crippen LogP contribution in [0.5, 0.6) is 17.2 Å². The van der Waals surface area contributed by atoms with Crippen molar-refractivity contribution >= 4 is 11.9 Å². The Labute approximate surface area is 151 Å². The number of nitrogens with zero attached hydrogens (tertiary/aromatic N) is 1. The molecule has 0 saturated carbocycles. The molecule has 7 nitrogen and oxygen atoms in total. The fourth-order valence-electron chi connectivity index (χ4n) is 2.30. The quantitative estimate of drug-likeness (QED) is 0.763. The zero-order valence-electron chi connectivity index (χ0n) is 14.9. The van der Waals surface area contributed by atoms with E-state index in [0.717, 1.165) is 5.56 Å². The number of phenolic OH excluding ortho intramolecular Hbond substituents is 1. The predicted octanol–water partition coefficient (Wildman–Crippen LogP) is 2.22. The average molecular weight is 359 g/mol. The Morgan fingerprint density at radius 3 is 2.46 bits per heavy atom. The Hall–Kier alpha value is -3.22. The standard InChI is InChI=1S/C19H21NO6/c1-20(11-13-6-4-5-7-17(13)25-3)18(22)12-26-19(23)15-9-8-14(24-2)10-16(15)21/h4-10,21H,11-12H2,1-3H3. The van der Waals surface area contributed by atoms with Gasteiger partial charge in [0.25, 0.3) is 5.91 Å². The second kappa shape index (κ2) is 8.75. The second-order valence-corrected chi connectivity index (χ2v) is 5.52. The van der Waals surface area contributed by atoms with Crippen LogP contribution in [0.3, 0.4) is 0 Å². The van der Waals surface area contributed by atoms with E-state index in [-0.39, 0.29) is 17.2 Å². The third kappa shape index (κ3) is 4.66. The minimum atomic E-state index is -0.788. The number of rotatable bonds is 7. The highest BCUT2D eigenvalue weighted by Crippen LogP contribution is 2.24. The lowest BCUT2D eigenvalue weighted by Crippen LogP contribution is -2.31. The Kier molecular flexibility index (Phi) is 6.43. The molecule has 1 amide bonds. The molecular formula is C19H21NO6. The fraction of sp³-hybridized carbons (Fsp3) is 0.263. The van der Waals surface area contributed by atoms with Gasteiger partial charge in [0.1, 0.15) is 22.8 Å². The molecule has 0 spiro atoms. The SMILES string of the molecule is COc1ccc(C(=O)OCC(=O)N(C)Cc2ccccc2OC)c(O)c1. The summed E-state index contributed by atoms with van der Waals surface area (Å²) in [5.74, 6) is -0.357. The van der Waals surface area contributed by atoms with Crippen LogP contribution in [0.15, 0.2) is 42.5 Å². The van der Waals surface area contributed by atoms with Crippen molar-refractivity contribution in [2.45, 2.75) is 6.54 Å². The van der Waals surface area contributed by atoms with Crippen LogP contribution in [0.25, 0.3) is 0 Å². The van der Waals surface area contributed by atoms with Crippen molar-refractivity contribution in [3.8, 4) is 17.2 Å². The number of phenols is 1. The molecule has 0 radical (unpaired) electrons. The fourth-order valence-corrected chi connectivity index (χ4v) is 2.30. The summed E-state index contributed by atoms with van der Waals surface area (Å²) in [6.45, 7) is -0.121. The summed E-state index contributed by atoms with van der Waals surface area (Å²) in [7, 11) is 4.61. The van der Waals surface area contributed by atoms with Crippen LogP contribution in [0.4, 0.5) is 0 Å². The monoisotopic (exact) mass is 359 g/mol. The smallest absolute Gasteiger partial charge is 0.342 e. The number of benzene rings is 2. The zero-order chi connectivity index (χ0) is 19.1. The van der Waals surface area contributed by atoms with Crippen LogP contribution >= 0.6 is 0 Å². The van der Waals surface area contributed by atoms with Crippen molar-refractivity contribution < 1.29 is 28.9 Å². The van der Waals surface area contributed by atoms with E-state index in [2.05, 4.69) is 0 Å². The van der Waals surface area contributed by atoms with Crippen LogP contribution in [-0.2, 0) is 16.1 Å². The summed E-state index contributed by atoms with van der Waals surface area (Å²) in [5.41, 5.74) is 0.802. The Morgan fingerprint density at radius 1 is 1.08 bits per heavy atom. The van der Waals surface area contributed by atoms with Gasteiger partial charge in [0.15, 0.2) is 6.61 Å². The molecule has 0 aliphatic rings. The van der Waals surface area contributed by atoms with Gasteiger partial charge in [0.2, 0.25) is 0 Å². The maximum atomic E-state index is 12.2. The number of carbonyl (C=O) groups is 2. The van der Waals surface area contributed by atoms with E-state index in [4.69, 9.17) is 14.2 Å². The summed E-state index contributed by atoms with van der Waals surface area (Å²) in [6, 6.07) is 11.5. The first kappa shape index (κ1) is 19.1. The molecule has 0 aromatic heterocycles. The molecule has 1 N–H and O–H groups in total. The van der Waals surface area contributed by atoms with Crippen molar-refractivity contribution in [3.05, 3.63) is 53.6 Å². The first-order valence-electron chi connectivity index (χ1n) is 7.86. The molecule has 0 aliphatic heterocycles. The number of amides is 1. The Bertz CT molecular complexity index is 789. The number of hydrogen-bond donors (Lipinski definition) is 1. The summed E-state index contributed by atoms with van der Waals surface area (Å²) in [4.78, 5) is 25.7. The van der Waals surface area contributed by atoms with Crippen LogP contribution < -0.4 is 9.47 Å². The van der Waals surface area contributed by atoms with Crippen LogP contribution in [0.2, 0.25) is 0 Å². The molecule has 0 bridgehead atoms. The van der Waals surface area contributed by atoms with E-state index < -0.39 is 12.6 Å². The number of likely N-dealkylation sites (N-methyl/N-ethyl adjacent to an activating group) is 1. The van der Waals surface area contributed by atoms with E-state index in [1.165, 1.54) is 30.2 Å². The first-order valence-corrected chi connectivity index (χ1v) is 7.86. The lowest BCUT2D eigenvalue weighted by atomic mass is 10.2. The lowest BCUT2D eigenvalue weighted by Gasteiger charge is -2.18. The van der Waals surface area contributed by atoms with Gasteiger partial charge < -0.3 is 24.2 Å². The molecule has 2 aromatic rings. The highest BCUT2D eigenvalue weighted by Gasteiger charge is 2.17. The highest BCUT2D eigenvalue weighted by molar-refractivity contribution is 5.94. The van der Waals surface area contributed by atoms with Crippen LogP contribution in [0.1, 0.15) is 15.9 Å². The molecule has 0 fully saturated rings. The Morgan fingerprint density at radius 2 is 1.81 bits per heavy atom. The summed E-state index contributed by atoms with van der Waals surface area (Å²) in [5, 5.41) is 9.83. The van der Waals surface area contributed by atoms with E-state index in [9.17, 15) is 14.7 Å². The van der Waals surface area contributed by atoms with Gasteiger partial charge in [-0.05, 0) is 18.2 Å². The van der Waals surface area contributed by atoms with Crippen LogP contribution in [0, 0.1) is 0 Å². The normalized spacial score (nSPS) is 10.1. The molecule has 2 rings (SSSR count). The van der Waals surface area contributed by atoms with E-state index in [1.807, 2.05) is 18.2 Å². The molecule has 2 aromatic carbocycles. The third-order valence-corrected chi connectivity index (χ3v) is 3.78. The van der Waals surface area contributed by atoms with E-state index in [0.29, 0.717) is 18.0 Å². The second-order valence-electron chi connectivity index (χ2n) is 5.52. The number of hydrogen-bond acceptors (Lipinski definition) is 6. The number of ether oxygens (including phenoxy) is 3. The van der Waals surface area contributed by atoms with Crippen LogP contribution in [-0.4, -0.2) is 49.8 Å². The van der Waals surface area contributed by atoms with Gasteiger partial charge >= 0.3 is 5.97 Å². The van der Waals surface area contributed by atoms with Crippen molar-refractivity contribution in [2.24, 2.45) is 0 Å². The van der Waals surface area contributed by atoms with Crippen molar-refractivity contribution in [1.29, 1.82) is 0 Å². The first-order chi connectivity index (χ1) is 12.5. The number of aromatic hydroxyl groups is 1. The molecule has 138 valence electrons. The number of esters is 1. The zero-order valence-corrected chi connectivity index (χ0v) is 14.9. The topological polar surface area (TPSA) is 85.3 Å². The Balaban J connectivity index is 1.94. The van der Waals surface area contributed by atoms with Gasteiger partial charge in [-0.25, -0.2) is 4.79 Å². The number of methoxy groups -OCH3 is 2. The largest absolute Gasteiger partial charge is 0.507 e. The predicted molar refractivity (Wildman–Crippen MR) is 94.4 cm³/mol. The molecule has 0 heterocycles. The molecule has 26 heavy (non-hydrogen) atoms. The maximum absolute atomic E-state index is 12.2. The maximum Gasteiger partial charge on any atom is 0.342 e. The average Bonchev–Trinajstić information content (AvgIpc) is 2.65. The summed E-state index contributed by atoms with van der Waals surface area (Å²) < 4.78 is 15.2. The highest BCUT2D eigenvalue weighted by atomic mass is 16.5. The van der Waals surface area contributed by atoms with Crippen molar-refractivity contribution in [3.63, 3.8) is 0 Å². The van der Waals surface area contributed by atoms with Gasteiger partial charge in [0.05, 0.1) is 14.2 Å². The lowest BCUT2D eigenvalue weighted by molar-refractivity contribution is -0.133. The summed E-state index contributed by atoms with van der Waals surface area (Å²) >= 11 is 0. The van der Waals surface area contributed by atoms with Crippen molar-refractivity contribution in [2.75, 3.05) is 27.9 Å². The molecule has 0 saturated heterocycles. The van der Waals surface area contributed by atoms with Crippen molar-refractivity contribution in [1.82, 2.24) is 4.90 Å². The minimum absolute atomic E-state index is 0.0361. The molecule has 0 aliphatic carbocycles. The molecule has 0 unspecified atom stereocenters. The van der Waals surface area contributed by atoms with Gasteiger partial charge in [-0.3, -0.25) is 4.79 Å². The van der Waals surface area contributed by atoms with Gasteiger partial charge in [-0.2, -0.15) is 0 Å². The van der Waals surface area contributed by atoms with Gasteiger partial charge in [-0.15, -0.1) is 0 Å². The third-order valence-electron chi connectivity index (χ3n) is 3.78. The van der Waals surface area contributed by atoms with E-state index in [1.54, 1.807) is 20.2 Å². The van der Waals surface area contributed by atoms with Gasteiger partial charge in [0, 0.05) is 25.2 Å². The molecule has 0 atom stereocenters. The molecule has 7 heteroatoms. The van der Waals surface area contributed by atoms with E-state index >= 15 is 0 Å². The molecular weight excluding hydrogens is 338 g/mol.